The van der Waals surface area contributed by atoms with E-state index in [0.29, 0.717) is 11.0 Å². The van der Waals surface area contributed by atoms with Crippen molar-refractivity contribution in [3.8, 4) is 0 Å². The Morgan fingerprint density at radius 3 is 2.78 bits per heavy atom. The van der Waals surface area contributed by atoms with Crippen molar-refractivity contribution < 1.29 is 14.1 Å². The fraction of sp³-hybridized carbons (Fsp3) is 0.333. The van der Waals surface area contributed by atoms with Crippen molar-refractivity contribution in [2.24, 2.45) is 0 Å². The van der Waals surface area contributed by atoms with Crippen LogP contribution in [0, 0.1) is 6.92 Å². The number of aryl methyl sites for hydroxylation is 1. The van der Waals surface area contributed by atoms with E-state index in [2.05, 4.69) is 36.2 Å². The molecule has 0 unspecified atom stereocenters. The first-order valence-corrected chi connectivity index (χ1v) is 10.3. The lowest BCUT2D eigenvalue weighted by Gasteiger charge is -2.32. The van der Waals surface area contributed by atoms with Gasteiger partial charge in [0.25, 0.3) is 5.22 Å². The quantitative estimate of drug-likeness (QED) is 0.687. The second-order valence-electron chi connectivity index (χ2n) is 7.03. The monoisotopic (exact) mass is 382 g/mol. The summed E-state index contributed by atoms with van der Waals surface area (Å²) in [4.78, 5) is 20.4. The number of piperazine rings is 1. The number of carbonyl (C=O) groups excluding carboxylic acids is 1. The SMILES string of the molecule is Cc1cccc(C[NH+]2CCN(C(=O)CSc3nc4ccccc4o3)CC2)c1. The first-order chi connectivity index (χ1) is 13.2. The van der Waals surface area contributed by atoms with E-state index in [1.807, 2.05) is 29.2 Å². The highest BCUT2D eigenvalue weighted by molar-refractivity contribution is 7.99. The van der Waals surface area contributed by atoms with Crippen molar-refractivity contribution >= 4 is 28.8 Å². The molecule has 1 fully saturated rings. The number of aromatic nitrogens is 1. The highest BCUT2D eigenvalue weighted by Gasteiger charge is 2.24. The van der Waals surface area contributed by atoms with Crippen molar-refractivity contribution in [1.29, 1.82) is 0 Å². The maximum absolute atomic E-state index is 12.5. The molecule has 1 aliphatic rings. The molecule has 3 aromatic rings. The molecule has 140 valence electrons. The molecule has 0 aliphatic carbocycles. The van der Waals surface area contributed by atoms with E-state index < -0.39 is 0 Å². The fourth-order valence-corrected chi connectivity index (χ4v) is 4.23. The van der Waals surface area contributed by atoms with E-state index in [0.717, 1.165) is 43.8 Å². The molecular formula is C21H24N3O2S+. The molecule has 27 heavy (non-hydrogen) atoms. The van der Waals surface area contributed by atoms with Gasteiger partial charge in [-0.3, -0.25) is 4.79 Å². The summed E-state index contributed by atoms with van der Waals surface area (Å²) in [5, 5.41) is 0.563. The number of hydrogen-bond donors (Lipinski definition) is 1. The van der Waals surface area contributed by atoms with Gasteiger partial charge in [0, 0.05) is 5.56 Å². The number of carbonyl (C=O) groups is 1. The maximum atomic E-state index is 12.5. The molecule has 1 saturated heterocycles. The van der Waals surface area contributed by atoms with Crippen LogP contribution in [0.25, 0.3) is 11.1 Å². The molecule has 0 saturated carbocycles. The molecule has 1 amide bonds. The molecule has 1 N–H and O–H groups in total. The Labute approximate surface area is 163 Å². The van der Waals surface area contributed by atoms with Gasteiger partial charge in [-0.2, -0.15) is 0 Å². The molecule has 4 rings (SSSR count). The van der Waals surface area contributed by atoms with Gasteiger partial charge >= 0.3 is 0 Å². The first kappa shape index (κ1) is 18.1. The lowest BCUT2D eigenvalue weighted by atomic mass is 10.1. The van der Waals surface area contributed by atoms with Gasteiger partial charge < -0.3 is 14.2 Å². The van der Waals surface area contributed by atoms with Crippen molar-refractivity contribution in [3.05, 3.63) is 59.7 Å². The third-order valence-electron chi connectivity index (χ3n) is 4.95. The number of benzene rings is 2. The summed E-state index contributed by atoms with van der Waals surface area (Å²) in [5.74, 6) is 0.539. The average Bonchev–Trinajstić information content (AvgIpc) is 3.10. The van der Waals surface area contributed by atoms with Gasteiger partial charge in [0.2, 0.25) is 5.91 Å². The second-order valence-corrected chi connectivity index (χ2v) is 7.96. The number of amides is 1. The number of hydrogen-bond acceptors (Lipinski definition) is 4. The molecule has 1 aliphatic heterocycles. The summed E-state index contributed by atoms with van der Waals surface area (Å²) in [6.07, 6.45) is 0. The van der Waals surface area contributed by atoms with Crippen molar-refractivity contribution in [1.82, 2.24) is 9.88 Å². The van der Waals surface area contributed by atoms with E-state index in [1.54, 1.807) is 0 Å². The predicted molar refractivity (Wildman–Crippen MR) is 107 cm³/mol. The largest absolute Gasteiger partial charge is 0.431 e. The Bertz CT molecular complexity index is 899. The first-order valence-electron chi connectivity index (χ1n) is 9.32. The summed E-state index contributed by atoms with van der Waals surface area (Å²) in [6.45, 7) is 6.77. The number of fused-ring (bicyclic) bond motifs is 1. The van der Waals surface area contributed by atoms with Crippen LogP contribution in [-0.4, -0.2) is 47.7 Å². The Morgan fingerprint density at radius 2 is 2.00 bits per heavy atom. The number of nitrogens with zero attached hydrogens (tertiary/aromatic N) is 2. The minimum Gasteiger partial charge on any atom is -0.431 e. The van der Waals surface area contributed by atoms with Gasteiger partial charge in [0.15, 0.2) is 5.58 Å². The normalized spacial score (nSPS) is 15.4. The summed E-state index contributed by atoms with van der Waals surface area (Å²) in [5.41, 5.74) is 4.27. The number of thioether (sulfide) groups is 1. The zero-order valence-electron chi connectivity index (χ0n) is 15.5. The molecule has 2 heterocycles. The van der Waals surface area contributed by atoms with Crippen LogP contribution in [-0.2, 0) is 11.3 Å². The van der Waals surface area contributed by atoms with Crippen LogP contribution in [0.1, 0.15) is 11.1 Å². The van der Waals surface area contributed by atoms with Gasteiger partial charge in [0.05, 0.1) is 31.9 Å². The molecule has 5 nitrogen and oxygen atoms in total. The molecule has 0 bridgehead atoms. The number of quaternary nitrogens is 1. The van der Waals surface area contributed by atoms with E-state index in [-0.39, 0.29) is 5.91 Å². The minimum absolute atomic E-state index is 0.164. The zero-order valence-corrected chi connectivity index (χ0v) is 16.3. The van der Waals surface area contributed by atoms with Gasteiger partial charge in [-0.05, 0) is 19.1 Å². The van der Waals surface area contributed by atoms with E-state index in [9.17, 15) is 4.79 Å². The van der Waals surface area contributed by atoms with E-state index in [1.165, 1.54) is 27.8 Å². The molecule has 2 aromatic carbocycles. The van der Waals surface area contributed by atoms with Gasteiger partial charge in [-0.1, -0.05) is 53.7 Å². The average molecular weight is 383 g/mol. The van der Waals surface area contributed by atoms with Crippen LogP contribution < -0.4 is 4.90 Å². The lowest BCUT2D eigenvalue weighted by molar-refractivity contribution is -0.917. The second kappa shape index (κ2) is 8.15. The Hall–Kier alpha value is -2.31. The number of nitrogens with one attached hydrogen (secondary N) is 1. The summed E-state index contributed by atoms with van der Waals surface area (Å²) in [7, 11) is 0. The number of para-hydroxylation sites is 2. The summed E-state index contributed by atoms with van der Waals surface area (Å²) < 4.78 is 5.68. The molecule has 0 radical (unpaired) electrons. The van der Waals surface area contributed by atoms with E-state index >= 15 is 0 Å². The summed E-state index contributed by atoms with van der Waals surface area (Å²) in [6, 6.07) is 16.4. The highest BCUT2D eigenvalue weighted by Crippen LogP contribution is 2.23. The van der Waals surface area contributed by atoms with Crippen molar-refractivity contribution in [2.75, 3.05) is 31.9 Å². The Kier molecular flexibility index (Phi) is 5.45. The molecule has 0 atom stereocenters. The number of oxazole rings is 1. The Balaban J connectivity index is 1.25. The van der Waals surface area contributed by atoms with Crippen LogP contribution in [0.5, 0.6) is 0 Å². The van der Waals surface area contributed by atoms with Crippen LogP contribution >= 0.6 is 11.8 Å². The molecule has 0 spiro atoms. The highest BCUT2D eigenvalue weighted by atomic mass is 32.2. The van der Waals surface area contributed by atoms with Gasteiger partial charge in [-0.25, -0.2) is 4.98 Å². The molecule has 1 aromatic heterocycles. The van der Waals surface area contributed by atoms with Crippen LogP contribution in [0.2, 0.25) is 0 Å². The third kappa shape index (κ3) is 4.51. The predicted octanol–water partition coefficient (Wildman–Crippen LogP) is 2.16. The van der Waals surface area contributed by atoms with E-state index in [4.69, 9.17) is 4.42 Å². The standard InChI is InChI=1S/C21H23N3O2S/c1-16-5-4-6-17(13-16)14-23-9-11-24(12-10-23)20(25)15-27-21-22-18-7-2-3-8-19(18)26-21/h2-8,13H,9-12,14-15H2,1H3/p+1. The minimum atomic E-state index is 0.164. The fourth-order valence-electron chi connectivity index (χ4n) is 3.49. The van der Waals surface area contributed by atoms with Crippen LogP contribution in [0.4, 0.5) is 0 Å². The van der Waals surface area contributed by atoms with Gasteiger partial charge in [-0.15, -0.1) is 0 Å². The van der Waals surface area contributed by atoms with Crippen LogP contribution in [0.3, 0.4) is 0 Å². The van der Waals surface area contributed by atoms with Crippen LogP contribution in [0.15, 0.2) is 58.2 Å². The van der Waals surface area contributed by atoms with Crippen molar-refractivity contribution in [3.63, 3.8) is 0 Å². The zero-order chi connectivity index (χ0) is 18.6. The smallest absolute Gasteiger partial charge is 0.257 e. The number of rotatable bonds is 5. The van der Waals surface area contributed by atoms with Gasteiger partial charge in [0.1, 0.15) is 12.1 Å². The third-order valence-corrected chi connectivity index (χ3v) is 5.77. The molecular weight excluding hydrogens is 358 g/mol. The van der Waals surface area contributed by atoms with Crippen molar-refractivity contribution in [2.45, 2.75) is 18.7 Å². The Morgan fingerprint density at radius 1 is 1.19 bits per heavy atom. The topological polar surface area (TPSA) is 50.8 Å². The lowest BCUT2D eigenvalue weighted by Crippen LogP contribution is -3.13. The maximum Gasteiger partial charge on any atom is 0.257 e. The summed E-state index contributed by atoms with van der Waals surface area (Å²) >= 11 is 1.38. The molecule has 6 heteroatoms.